The molecule has 0 unspecified atom stereocenters. The third-order valence-electron chi connectivity index (χ3n) is 2.80. The van der Waals surface area contributed by atoms with E-state index < -0.39 is 0 Å². The number of nitrogens with zero attached hydrogens (tertiary/aromatic N) is 1. The Hall–Kier alpha value is -2.07. The number of ether oxygens (including phenoxy) is 2. The van der Waals surface area contributed by atoms with Crippen LogP contribution >= 0.6 is 0 Å². The molecular formula is C14H16N2O2. The van der Waals surface area contributed by atoms with Crippen LogP contribution in [0.15, 0.2) is 36.7 Å². The van der Waals surface area contributed by atoms with E-state index in [2.05, 4.69) is 4.98 Å². The second-order valence-electron chi connectivity index (χ2n) is 3.81. The highest BCUT2D eigenvalue weighted by molar-refractivity contribution is 5.70. The molecule has 4 heteroatoms. The molecule has 2 N–H and O–H groups in total. The van der Waals surface area contributed by atoms with Crippen molar-refractivity contribution < 1.29 is 9.47 Å². The first-order chi connectivity index (χ1) is 8.80. The number of pyridine rings is 1. The standard InChI is InChI=1S/C14H16N2O2/c1-17-13-6-11(8-15)12(7-14(13)18-2)10-4-3-5-16-9-10/h3-7,9H,8,15H2,1-2H3. The highest BCUT2D eigenvalue weighted by Crippen LogP contribution is 2.35. The summed E-state index contributed by atoms with van der Waals surface area (Å²) in [6, 6.07) is 7.72. The van der Waals surface area contributed by atoms with Crippen LogP contribution in [0.25, 0.3) is 11.1 Å². The van der Waals surface area contributed by atoms with E-state index >= 15 is 0 Å². The second-order valence-corrected chi connectivity index (χ2v) is 3.81. The van der Waals surface area contributed by atoms with Gasteiger partial charge in [-0.2, -0.15) is 0 Å². The Bertz CT molecular complexity index is 527. The molecule has 0 saturated heterocycles. The summed E-state index contributed by atoms with van der Waals surface area (Å²) in [6.07, 6.45) is 3.55. The quantitative estimate of drug-likeness (QED) is 0.896. The molecule has 0 amide bonds. The Morgan fingerprint density at radius 3 is 2.44 bits per heavy atom. The zero-order valence-corrected chi connectivity index (χ0v) is 10.5. The normalized spacial score (nSPS) is 10.2. The van der Waals surface area contributed by atoms with Crippen LogP contribution in [0.3, 0.4) is 0 Å². The monoisotopic (exact) mass is 244 g/mol. The summed E-state index contributed by atoms with van der Waals surface area (Å²) in [6.45, 7) is 0.435. The summed E-state index contributed by atoms with van der Waals surface area (Å²) in [5.41, 5.74) is 8.82. The van der Waals surface area contributed by atoms with Crippen molar-refractivity contribution >= 4 is 0 Å². The zero-order chi connectivity index (χ0) is 13.0. The maximum absolute atomic E-state index is 5.79. The lowest BCUT2D eigenvalue weighted by Crippen LogP contribution is -2.01. The van der Waals surface area contributed by atoms with Gasteiger partial charge in [-0.25, -0.2) is 0 Å². The van der Waals surface area contributed by atoms with Crippen LogP contribution in [0, 0.1) is 0 Å². The lowest BCUT2D eigenvalue weighted by Gasteiger charge is -2.14. The molecule has 4 nitrogen and oxygen atoms in total. The van der Waals surface area contributed by atoms with Crippen molar-refractivity contribution in [2.75, 3.05) is 14.2 Å². The fraction of sp³-hybridized carbons (Fsp3) is 0.214. The molecule has 0 aliphatic carbocycles. The summed E-state index contributed by atoms with van der Waals surface area (Å²) < 4.78 is 10.6. The van der Waals surface area contributed by atoms with Gasteiger partial charge in [0.2, 0.25) is 0 Å². The van der Waals surface area contributed by atoms with Crippen LogP contribution in [0.1, 0.15) is 5.56 Å². The second kappa shape index (κ2) is 5.51. The highest BCUT2D eigenvalue weighted by Gasteiger charge is 2.11. The predicted octanol–water partition coefficient (Wildman–Crippen LogP) is 2.22. The van der Waals surface area contributed by atoms with Gasteiger partial charge in [0, 0.05) is 24.5 Å². The van der Waals surface area contributed by atoms with Crippen LogP contribution in [-0.2, 0) is 6.54 Å². The molecule has 0 saturated carbocycles. The molecule has 0 bridgehead atoms. The predicted molar refractivity (Wildman–Crippen MR) is 70.7 cm³/mol. The van der Waals surface area contributed by atoms with Crippen molar-refractivity contribution in [2.45, 2.75) is 6.54 Å². The molecule has 0 radical (unpaired) electrons. The van der Waals surface area contributed by atoms with Crippen LogP contribution in [0.2, 0.25) is 0 Å². The fourth-order valence-corrected chi connectivity index (χ4v) is 1.88. The molecule has 2 rings (SSSR count). The molecule has 1 aromatic carbocycles. The summed E-state index contributed by atoms with van der Waals surface area (Å²) in [4.78, 5) is 4.12. The van der Waals surface area contributed by atoms with Gasteiger partial charge >= 0.3 is 0 Å². The molecule has 1 heterocycles. The SMILES string of the molecule is COc1cc(CN)c(-c2cccnc2)cc1OC. The van der Waals surface area contributed by atoms with Gasteiger partial charge in [-0.1, -0.05) is 6.07 Å². The van der Waals surface area contributed by atoms with Crippen molar-refractivity contribution in [3.63, 3.8) is 0 Å². The van der Waals surface area contributed by atoms with Gasteiger partial charge in [0.05, 0.1) is 14.2 Å². The Labute approximate surface area is 106 Å². The lowest BCUT2D eigenvalue weighted by atomic mass is 10.00. The first-order valence-electron chi connectivity index (χ1n) is 5.65. The number of nitrogens with two attached hydrogens (primary N) is 1. The van der Waals surface area contributed by atoms with Crippen LogP contribution in [0.5, 0.6) is 11.5 Å². The van der Waals surface area contributed by atoms with E-state index in [1.165, 1.54) is 0 Å². The molecule has 94 valence electrons. The van der Waals surface area contributed by atoms with Crippen molar-refractivity contribution in [1.29, 1.82) is 0 Å². The van der Waals surface area contributed by atoms with E-state index in [1.807, 2.05) is 24.3 Å². The Morgan fingerprint density at radius 1 is 1.17 bits per heavy atom. The number of benzene rings is 1. The van der Waals surface area contributed by atoms with Crippen molar-refractivity contribution in [3.05, 3.63) is 42.2 Å². The molecular weight excluding hydrogens is 228 g/mol. The van der Waals surface area contributed by atoms with E-state index in [-0.39, 0.29) is 0 Å². The third-order valence-corrected chi connectivity index (χ3v) is 2.80. The minimum absolute atomic E-state index is 0.435. The highest BCUT2D eigenvalue weighted by atomic mass is 16.5. The maximum Gasteiger partial charge on any atom is 0.161 e. The van der Waals surface area contributed by atoms with E-state index in [0.717, 1.165) is 16.7 Å². The summed E-state index contributed by atoms with van der Waals surface area (Å²) in [5.74, 6) is 1.37. The van der Waals surface area contributed by atoms with Crippen LogP contribution < -0.4 is 15.2 Å². The van der Waals surface area contributed by atoms with Gasteiger partial charge in [0.25, 0.3) is 0 Å². The smallest absolute Gasteiger partial charge is 0.161 e. The van der Waals surface area contributed by atoms with Gasteiger partial charge in [-0.15, -0.1) is 0 Å². The number of hydrogen-bond donors (Lipinski definition) is 1. The van der Waals surface area contributed by atoms with Gasteiger partial charge in [-0.05, 0) is 29.3 Å². The number of hydrogen-bond acceptors (Lipinski definition) is 4. The largest absolute Gasteiger partial charge is 0.493 e. The molecule has 0 spiro atoms. The number of methoxy groups -OCH3 is 2. The van der Waals surface area contributed by atoms with Crippen molar-refractivity contribution in [2.24, 2.45) is 5.73 Å². The van der Waals surface area contributed by atoms with Crippen LogP contribution in [-0.4, -0.2) is 19.2 Å². The average Bonchev–Trinajstić information content (AvgIpc) is 2.46. The summed E-state index contributed by atoms with van der Waals surface area (Å²) >= 11 is 0. The first kappa shape index (κ1) is 12.4. The number of rotatable bonds is 4. The minimum atomic E-state index is 0.435. The van der Waals surface area contributed by atoms with E-state index in [9.17, 15) is 0 Å². The average molecular weight is 244 g/mol. The first-order valence-corrected chi connectivity index (χ1v) is 5.65. The molecule has 0 aliphatic heterocycles. The topological polar surface area (TPSA) is 57.4 Å². The molecule has 1 aromatic heterocycles. The third kappa shape index (κ3) is 2.28. The molecule has 0 atom stereocenters. The Morgan fingerprint density at radius 2 is 1.89 bits per heavy atom. The van der Waals surface area contributed by atoms with E-state index in [0.29, 0.717) is 18.0 Å². The molecule has 0 aliphatic rings. The molecule has 2 aromatic rings. The van der Waals surface area contributed by atoms with Gasteiger partial charge in [-0.3, -0.25) is 4.98 Å². The van der Waals surface area contributed by atoms with E-state index in [4.69, 9.17) is 15.2 Å². The van der Waals surface area contributed by atoms with Crippen molar-refractivity contribution in [1.82, 2.24) is 4.98 Å². The summed E-state index contributed by atoms with van der Waals surface area (Å²) in [7, 11) is 3.23. The lowest BCUT2D eigenvalue weighted by molar-refractivity contribution is 0.354. The van der Waals surface area contributed by atoms with E-state index in [1.54, 1.807) is 26.6 Å². The minimum Gasteiger partial charge on any atom is -0.493 e. The van der Waals surface area contributed by atoms with Gasteiger partial charge < -0.3 is 15.2 Å². The maximum atomic E-state index is 5.79. The molecule has 18 heavy (non-hydrogen) atoms. The number of aromatic nitrogens is 1. The summed E-state index contributed by atoms with van der Waals surface area (Å²) in [5, 5.41) is 0. The Balaban J connectivity index is 2.59. The zero-order valence-electron chi connectivity index (χ0n) is 10.5. The van der Waals surface area contributed by atoms with Crippen LogP contribution in [0.4, 0.5) is 0 Å². The van der Waals surface area contributed by atoms with Gasteiger partial charge in [0.15, 0.2) is 11.5 Å². The fourth-order valence-electron chi connectivity index (χ4n) is 1.88. The van der Waals surface area contributed by atoms with Crippen molar-refractivity contribution in [3.8, 4) is 22.6 Å². The van der Waals surface area contributed by atoms with Gasteiger partial charge in [0.1, 0.15) is 0 Å². The Kier molecular flexibility index (Phi) is 3.79. The molecule has 0 fully saturated rings.